The average molecular weight is 214 g/mol. The molecule has 2 heterocycles. The molecule has 0 aliphatic heterocycles. The molecule has 0 aliphatic rings. The first-order chi connectivity index (χ1) is 7.84. The van der Waals surface area contributed by atoms with Crippen LogP contribution in [-0.4, -0.2) is 10.9 Å². The largest absolute Gasteiger partial charge is 0.465 e. The molecule has 0 fully saturated rings. The highest BCUT2D eigenvalue weighted by atomic mass is 16.3. The summed E-state index contributed by atoms with van der Waals surface area (Å²) in [6.07, 6.45) is 6.16. The van der Waals surface area contributed by atoms with E-state index in [2.05, 4.69) is 10.3 Å². The normalized spacial score (nSPS) is 10.5. The minimum Gasteiger partial charge on any atom is -0.465 e. The molecule has 1 N–H and O–H groups in total. The highest BCUT2D eigenvalue weighted by Crippen LogP contribution is 2.03. The number of hydrogen-bond donors (Lipinski definition) is 1. The van der Waals surface area contributed by atoms with Gasteiger partial charge in [-0.3, -0.25) is 4.79 Å². The highest BCUT2D eigenvalue weighted by Gasteiger charge is 1.97. The summed E-state index contributed by atoms with van der Waals surface area (Å²) in [7, 11) is 0. The van der Waals surface area contributed by atoms with Crippen LogP contribution in [0.1, 0.15) is 5.76 Å². The molecule has 4 heteroatoms. The van der Waals surface area contributed by atoms with Gasteiger partial charge in [0.15, 0.2) is 0 Å². The number of anilines is 1. The Balaban J connectivity index is 1.95. The van der Waals surface area contributed by atoms with Crippen LogP contribution in [0.25, 0.3) is 6.08 Å². The summed E-state index contributed by atoms with van der Waals surface area (Å²) in [5.41, 5.74) is 0. The minimum absolute atomic E-state index is 0.241. The van der Waals surface area contributed by atoms with E-state index in [0.29, 0.717) is 11.6 Å². The fraction of sp³-hybridized carbons (Fsp3) is 0. The number of nitrogens with zero attached hydrogens (tertiary/aromatic N) is 1. The molecule has 0 bridgehead atoms. The molecule has 0 spiro atoms. The van der Waals surface area contributed by atoms with E-state index in [1.165, 1.54) is 6.08 Å². The van der Waals surface area contributed by atoms with Crippen LogP contribution >= 0.6 is 0 Å². The number of rotatable bonds is 3. The van der Waals surface area contributed by atoms with E-state index in [4.69, 9.17) is 4.42 Å². The molecule has 0 saturated carbocycles. The molecule has 4 nitrogen and oxygen atoms in total. The summed E-state index contributed by atoms with van der Waals surface area (Å²) in [6, 6.07) is 8.84. The van der Waals surface area contributed by atoms with Crippen molar-refractivity contribution in [2.75, 3.05) is 5.32 Å². The quantitative estimate of drug-likeness (QED) is 0.798. The maximum atomic E-state index is 11.4. The number of pyridine rings is 1. The van der Waals surface area contributed by atoms with Crippen molar-refractivity contribution in [1.82, 2.24) is 4.98 Å². The van der Waals surface area contributed by atoms with Crippen molar-refractivity contribution in [2.24, 2.45) is 0 Å². The van der Waals surface area contributed by atoms with Crippen LogP contribution in [-0.2, 0) is 4.79 Å². The summed E-state index contributed by atoms with van der Waals surface area (Å²) < 4.78 is 5.05. The van der Waals surface area contributed by atoms with Gasteiger partial charge in [-0.2, -0.15) is 0 Å². The molecule has 0 aromatic carbocycles. The van der Waals surface area contributed by atoms with Crippen molar-refractivity contribution in [2.45, 2.75) is 0 Å². The van der Waals surface area contributed by atoms with Crippen molar-refractivity contribution >= 4 is 17.8 Å². The molecule has 2 aromatic heterocycles. The Labute approximate surface area is 92.6 Å². The summed E-state index contributed by atoms with van der Waals surface area (Å²) in [4.78, 5) is 15.4. The Morgan fingerprint density at radius 3 is 2.94 bits per heavy atom. The lowest BCUT2D eigenvalue weighted by Gasteiger charge is -1.98. The zero-order valence-corrected chi connectivity index (χ0v) is 8.46. The first kappa shape index (κ1) is 10.2. The van der Waals surface area contributed by atoms with Gasteiger partial charge in [-0.15, -0.1) is 0 Å². The summed E-state index contributed by atoms with van der Waals surface area (Å²) >= 11 is 0. The van der Waals surface area contributed by atoms with E-state index in [1.54, 1.807) is 48.9 Å². The van der Waals surface area contributed by atoms with Crippen molar-refractivity contribution in [3.8, 4) is 0 Å². The van der Waals surface area contributed by atoms with Gasteiger partial charge < -0.3 is 9.73 Å². The Bertz CT molecular complexity index is 475. The molecule has 80 valence electrons. The predicted octanol–water partition coefficient (Wildman–Crippen LogP) is 2.33. The zero-order valence-electron chi connectivity index (χ0n) is 8.46. The van der Waals surface area contributed by atoms with Crippen molar-refractivity contribution in [1.29, 1.82) is 0 Å². The van der Waals surface area contributed by atoms with E-state index < -0.39 is 0 Å². The fourth-order valence-electron chi connectivity index (χ4n) is 1.15. The molecule has 2 rings (SSSR count). The monoisotopic (exact) mass is 214 g/mol. The maximum Gasteiger partial charge on any atom is 0.249 e. The van der Waals surface area contributed by atoms with Crippen LogP contribution in [0.15, 0.2) is 53.3 Å². The first-order valence-electron chi connectivity index (χ1n) is 4.78. The number of amides is 1. The van der Waals surface area contributed by atoms with Crippen LogP contribution in [0, 0.1) is 0 Å². The van der Waals surface area contributed by atoms with Gasteiger partial charge in [0, 0.05) is 12.3 Å². The molecule has 0 atom stereocenters. The summed E-state index contributed by atoms with van der Waals surface area (Å²) in [5.74, 6) is 0.919. The van der Waals surface area contributed by atoms with Crippen molar-refractivity contribution in [3.05, 3.63) is 54.6 Å². The second kappa shape index (κ2) is 4.93. The van der Waals surface area contributed by atoms with E-state index in [-0.39, 0.29) is 5.91 Å². The number of aromatic nitrogens is 1. The average Bonchev–Trinajstić information content (AvgIpc) is 2.81. The van der Waals surface area contributed by atoms with Crippen molar-refractivity contribution < 1.29 is 9.21 Å². The van der Waals surface area contributed by atoms with Crippen LogP contribution in [0.2, 0.25) is 0 Å². The van der Waals surface area contributed by atoms with Crippen molar-refractivity contribution in [3.63, 3.8) is 0 Å². The van der Waals surface area contributed by atoms with Crippen LogP contribution < -0.4 is 5.32 Å². The third-order valence-electron chi connectivity index (χ3n) is 1.86. The van der Waals surface area contributed by atoms with Gasteiger partial charge >= 0.3 is 0 Å². The predicted molar refractivity (Wildman–Crippen MR) is 60.6 cm³/mol. The smallest absolute Gasteiger partial charge is 0.249 e. The number of hydrogen-bond acceptors (Lipinski definition) is 3. The number of carbonyl (C=O) groups is 1. The third kappa shape index (κ3) is 2.81. The zero-order chi connectivity index (χ0) is 11.2. The Hall–Kier alpha value is -2.36. The Morgan fingerprint density at radius 1 is 1.31 bits per heavy atom. The summed E-state index contributed by atoms with van der Waals surface area (Å²) in [6.45, 7) is 0. The van der Waals surface area contributed by atoms with E-state index in [9.17, 15) is 4.79 Å². The van der Waals surface area contributed by atoms with E-state index >= 15 is 0 Å². The van der Waals surface area contributed by atoms with Gasteiger partial charge in [0.05, 0.1) is 6.26 Å². The molecule has 16 heavy (non-hydrogen) atoms. The molecule has 2 aromatic rings. The second-order valence-corrected chi connectivity index (χ2v) is 3.05. The molecule has 0 aliphatic carbocycles. The molecule has 1 amide bonds. The van der Waals surface area contributed by atoms with Gasteiger partial charge in [0.1, 0.15) is 11.6 Å². The Morgan fingerprint density at radius 2 is 2.25 bits per heavy atom. The molecular weight excluding hydrogens is 204 g/mol. The lowest BCUT2D eigenvalue weighted by molar-refractivity contribution is -0.111. The fourth-order valence-corrected chi connectivity index (χ4v) is 1.15. The van der Waals surface area contributed by atoms with E-state index in [1.807, 2.05) is 0 Å². The lowest BCUT2D eigenvalue weighted by Crippen LogP contribution is -2.08. The van der Waals surface area contributed by atoms with Crippen LogP contribution in [0.3, 0.4) is 0 Å². The third-order valence-corrected chi connectivity index (χ3v) is 1.86. The van der Waals surface area contributed by atoms with Gasteiger partial charge in [-0.05, 0) is 30.3 Å². The summed E-state index contributed by atoms with van der Waals surface area (Å²) in [5, 5.41) is 2.63. The number of furan rings is 1. The molecular formula is C12H10N2O2. The Kier molecular flexibility index (Phi) is 3.13. The van der Waals surface area contributed by atoms with Crippen LogP contribution in [0.4, 0.5) is 5.82 Å². The number of nitrogens with one attached hydrogen (secondary N) is 1. The van der Waals surface area contributed by atoms with Gasteiger partial charge in [0.25, 0.3) is 0 Å². The standard InChI is InChI=1S/C12H10N2O2/c15-12(7-6-10-4-3-9-16-10)14-11-5-1-2-8-13-11/h1-9H,(H,13,14,15)/b7-6+. The first-order valence-corrected chi connectivity index (χ1v) is 4.78. The molecule has 0 saturated heterocycles. The molecule has 0 unspecified atom stereocenters. The van der Waals surface area contributed by atoms with Gasteiger partial charge in [0.2, 0.25) is 5.91 Å². The van der Waals surface area contributed by atoms with Crippen LogP contribution in [0.5, 0.6) is 0 Å². The second-order valence-electron chi connectivity index (χ2n) is 3.05. The molecule has 0 radical (unpaired) electrons. The topological polar surface area (TPSA) is 55.1 Å². The van der Waals surface area contributed by atoms with Gasteiger partial charge in [-0.25, -0.2) is 4.98 Å². The van der Waals surface area contributed by atoms with Gasteiger partial charge in [-0.1, -0.05) is 6.07 Å². The lowest BCUT2D eigenvalue weighted by atomic mass is 10.4. The SMILES string of the molecule is O=C(/C=C/c1ccco1)Nc1ccccn1. The minimum atomic E-state index is -0.241. The maximum absolute atomic E-state index is 11.4. The highest BCUT2D eigenvalue weighted by molar-refractivity contribution is 6.01. The van der Waals surface area contributed by atoms with E-state index in [0.717, 1.165) is 0 Å². The number of carbonyl (C=O) groups excluding carboxylic acids is 1.